The summed E-state index contributed by atoms with van der Waals surface area (Å²) in [5.74, 6) is 1.02. The summed E-state index contributed by atoms with van der Waals surface area (Å²) in [4.78, 5) is 24.7. The third kappa shape index (κ3) is 4.38. The van der Waals surface area contributed by atoms with Gasteiger partial charge in [0.1, 0.15) is 11.5 Å². The third-order valence-electron chi connectivity index (χ3n) is 6.82. The van der Waals surface area contributed by atoms with Crippen molar-refractivity contribution in [2.75, 3.05) is 18.8 Å². The fourth-order valence-electron chi connectivity index (χ4n) is 4.96. The first-order valence-electron chi connectivity index (χ1n) is 12.1. The summed E-state index contributed by atoms with van der Waals surface area (Å²) >= 11 is 0. The number of para-hydroxylation sites is 1. The molecule has 0 atom stereocenters. The van der Waals surface area contributed by atoms with E-state index in [0.717, 1.165) is 66.5 Å². The van der Waals surface area contributed by atoms with E-state index in [4.69, 9.17) is 10.7 Å². The number of allylic oxidation sites excluding steroid dienone is 6. The Bertz CT molecular complexity index is 1310. The van der Waals surface area contributed by atoms with E-state index >= 15 is 0 Å². The Morgan fingerprint density at radius 1 is 1.03 bits per heavy atom. The van der Waals surface area contributed by atoms with Crippen molar-refractivity contribution in [3.05, 3.63) is 89.8 Å². The van der Waals surface area contributed by atoms with Crippen LogP contribution < -0.4 is 5.73 Å². The normalized spacial score (nSPS) is 16.5. The second-order valence-corrected chi connectivity index (χ2v) is 8.96. The minimum atomic E-state index is 0.00610. The predicted molar refractivity (Wildman–Crippen MR) is 138 cm³/mol. The molecular weight excluding hydrogens is 420 g/mol. The number of carbonyl (C=O) groups is 1. The van der Waals surface area contributed by atoms with Crippen LogP contribution in [0, 0.1) is 5.92 Å². The highest BCUT2D eigenvalue weighted by molar-refractivity contribution is 5.99. The number of amides is 1. The molecular formula is C29H30N4O. The zero-order valence-corrected chi connectivity index (χ0v) is 19.6. The van der Waals surface area contributed by atoms with Gasteiger partial charge in [0.2, 0.25) is 0 Å². The Balaban J connectivity index is 1.41. The molecule has 5 nitrogen and oxygen atoms in total. The van der Waals surface area contributed by atoms with Crippen molar-refractivity contribution < 1.29 is 4.79 Å². The summed E-state index contributed by atoms with van der Waals surface area (Å²) < 4.78 is 0. The molecule has 0 saturated carbocycles. The van der Waals surface area contributed by atoms with Crippen molar-refractivity contribution >= 4 is 22.6 Å². The van der Waals surface area contributed by atoms with Gasteiger partial charge in [-0.15, -0.1) is 0 Å². The molecule has 0 radical (unpaired) electrons. The largest absolute Gasteiger partial charge is 0.384 e. The lowest BCUT2D eigenvalue weighted by Gasteiger charge is -2.32. The lowest BCUT2D eigenvalue weighted by atomic mass is 9.88. The van der Waals surface area contributed by atoms with Gasteiger partial charge in [0.05, 0.1) is 11.2 Å². The lowest BCUT2D eigenvalue weighted by molar-refractivity contribution is 0.0697. The van der Waals surface area contributed by atoms with E-state index in [1.54, 1.807) is 0 Å². The first-order chi connectivity index (χ1) is 16.6. The summed E-state index contributed by atoms with van der Waals surface area (Å²) in [5.41, 5.74) is 11.5. The standard InChI is InChI=1S/C29H30N4O/c1-2-25-23(13-15-27(30)31-25)24-11-7-10-22-12-14-26(32-28(22)24)29(34)33-18-16-21(17-19-33)20-8-5-3-4-6-9-20/h3,5-15,21H,2,4,16-19H2,1H3,(H2,30,31). The zero-order chi connectivity index (χ0) is 23.5. The van der Waals surface area contributed by atoms with Gasteiger partial charge in [-0.1, -0.05) is 61.6 Å². The Morgan fingerprint density at radius 2 is 1.88 bits per heavy atom. The molecule has 3 aromatic rings. The highest BCUT2D eigenvalue weighted by Crippen LogP contribution is 2.31. The smallest absolute Gasteiger partial charge is 0.272 e. The van der Waals surface area contributed by atoms with E-state index in [0.29, 0.717) is 17.4 Å². The molecule has 1 aromatic carbocycles. The topological polar surface area (TPSA) is 72.1 Å². The minimum Gasteiger partial charge on any atom is -0.384 e. The van der Waals surface area contributed by atoms with Gasteiger partial charge in [0, 0.05) is 29.6 Å². The van der Waals surface area contributed by atoms with Gasteiger partial charge in [-0.2, -0.15) is 0 Å². The van der Waals surface area contributed by atoms with Gasteiger partial charge in [-0.25, -0.2) is 9.97 Å². The maximum atomic E-state index is 13.4. The van der Waals surface area contributed by atoms with Gasteiger partial charge < -0.3 is 10.6 Å². The molecule has 2 aromatic heterocycles. The lowest BCUT2D eigenvalue weighted by Crippen LogP contribution is -2.39. The first kappa shape index (κ1) is 22.1. The minimum absolute atomic E-state index is 0.00610. The van der Waals surface area contributed by atoms with Crippen LogP contribution in [0.15, 0.2) is 78.4 Å². The Kier molecular flexibility index (Phi) is 6.26. The molecule has 1 amide bonds. The molecule has 0 bridgehead atoms. The van der Waals surface area contributed by atoms with Crippen LogP contribution in [0.1, 0.15) is 42.4 Å². The molecule has 5 heteroatoms. The maximum Gasteiger partial charge on any atom is 0.272 e. The molecule has 1 saturated heterocycles. The molecule has 1 aliphatic carbocycles. The number of likely N-dealkylation sites (tertiary alicyclic amines) is 1. The molecule has 5 rings (SSSR count). The van der Waals surface area contributed by atoms with Crippen molar-refractivity contribution in [2.24, 2.45) is 5.92 Å². The summed E-state index contributed by atoms with van der Waals surface area (Å²) in [6.07, 6.45) is 14.7. The highest BCUT2D eigenvalue weighted by Gasteiger charge is 2.26. The predicted octanol–water partition coefficient (Wildman–Crippen LogP) is 5.74. The van der Waals surface area contributed by atoms with Crippen LogP contribution in [0.3, 0.4) is 0 Å². The van der Waals surface area contributed by atoms with E-state index in [-0.39, 0.29) is 5.91 Å². The first-order valence-corrected chi connectivity index (χ1v) is 12.1. The number of fused-ring (bicyclic) bond motifs is 1. The number of hydrogen-bond acceptors (Lipinski definition) is 4. The Labute approximate surface area is 200 Å². The van der Waals surface area contributed by atoms with Gasteiger partial charge >= 0.3 is 0 Å². The second-order valence-electron chi connectivity index (χ2n) is 8.96. The van der Waals surface area contributed by atoms with Crippen LogP contribution in [0.2, 0.25) is 0 Å². The average Bonchev–Trinajstić information content (AvgIpc) is 3.17. The van der Waals surface area contributed by atoms with Crippen LogP contribution in [-0.4, -0.2) is 33.9 Å². The maximum absolute atomic E-state index is 13.4. The molecule has 2 aliphatic rings. The number of rotatable bonds is 4. The van der Waals surface area contributed by atoms with E-state index in [1.807, 2.05) is 47.4 Å². The number of aryl methyl sites for hydroxylation is 1. The molecule has 1 aliphatic heterocycles. The van der Waals surface area contributed by atoms with E-state index in [2.05, 4.69) is 42.3 Å². The zero-order valence-electron chi connectivity index (χ0n) is 19.6. The molecule has 34 heavy (non-hydrogen) atoms. The SMILES string of the molecule is CCc1nc(N)ccc1-c1cccc2ccc(C(=O)N3CCC(C4=CC=CCC=C4)CC3)nc12. The fourth-order valence-corrected chi connectivity index (χ4v) is 4.96. The van der Waals surface area contributed by atoms with Crippen LogP contribution in [0.4, 0.5) is 5.82 Å². The van der Waals surface area contributed by atoms with E-state index in [9.17, 15) is 4.79 Å². The summed E-state index contributed by atoms with van der Waals surface area (Å²) in [6, 6.07) is 13.8. The molecule has 172 valence electrons. The van der Waals surface area contributed by atoms with Crippen molar-refractivity contribution in [3.63, 3.8) is 0 Å². The van der Waals surface area contributed by atoms with Gasteiger partial charge in [0.25, 0.3) is 5.91 Å². The van der Waals surface area contributed by atoms with Gasteiger partial charge in [-0.3, -0.25) is 4.79 Å². The number of nitrogen functional groups attached to an aromatic ring is 1. The quantitative estimate of drug-likeness (QED) is 0.550. The summed E-state index contributed by atoms with van der Waals surface area (Å²) in [5, 5.41) is 1.01. The van der Waals surface area contributed by atoms with Crippen molar-refractivity contribution in [2.45, 2.75) is 32.6 Å². The number of nitrogens with two attached hydrogens (primary N) is 1. The van der Waals surface area contributed by atoms with Gasteiger partial charge in [-0.05, 0) is 55.4 Å². The van der Waals surface area contributed by atoms with Crippen molar-refractivity contribution in [3.8, 4) is 11.1 Å². The van der Waals surface area contributed by atoms with E-state index in [1.165, 1.54) is 5.57 Å². The molecule has 0 unspecified atom stereocenters. The number of anilines is 1. The highest BCUT2D eigenvalue weighted by atomic mass is 16.2. The van der Waals surface area contributed by atoms with Crippen LogP contribution in [-0.2, 0) is 6.42 Å². The molecule has 1 fully saturated rings. The number of carbonyl (C=O) groups excluding carboxylic acids is 1. The molecule has 0 spiro atoms. The summed E-state index contributed by atoms with van der Waals surface area (Å²) in [6.45, 7) is 3.57. The second kappa shape index (κ2) is 9.64. The van der Waals surface area contributed by atoms with Crippen LogP contribution >= 0.6 is 0 Å². The van der Waals surface area contributed by atoms with Crippen LogP contribution in [0.5, 0.6) is 0 Å². The number of aromatic nitrogens is 2. The number of benzene rings is 1. The average molecular weight is 451 g/mol. The monoisotopic (exact) mass is 450 g/mol. The van der Waals surface area contributed by atoms with Crippen molar-refractivity contribution in [1.29, 1.82) is 0 Å². The van der Waals surface area contributed by atoms with Gasteiger partial charge in [0.15, 0.2) is 0 Å². The molecule has 3 heterocycles. The van der Waals surface area contributed by atoms with Crippen LogP contribution in [0.25, 0.3) is 22.0 Å². The Hall–Kier alpha value is -3.73. The molecule has 2 N–H and O–H groups in total. The van der Waals surface area contributed by atoms with Crippen molar-refractivity contribution in [1.82, 2.24) is 14.9 Å². The Morgan fingerprint density at radius 3 is 2.71 bits per heavy atom. The number of piperidine rings is 1. The fraction of sp³-hybridized carbons (Fsp3) is 0.276. The number of nitrogens with zero attached hydrogens (tertiary/aromatic N) is 3. The third-order valence-corrected chi connectivity index (χ3v) is 6.82. The number of pyridine rings is 2. The summed E-state index contributed by atoms with van der Waals surface area (Å²) in [7, 11) is 0. The number of hydrogen-bond donors (Lipinski definition) is 1. The van der Waals surface area contributed by atoms with E-state index < -0.39 is 0 Å².